The van der Waals surface area contributed by atoms with Crippen molar-refractivity contribution in [1.82, 2.24) is 0 Å². The standard InChI is InChI=1S/C70H52N2O2/c1-43-33-36-50(45-20-8-6-9-21-45)60(39-43)71(58-29-17-27-54-52-24-12-14-31-63(52)73-68(54)58)61-42-62(57-38-35-48-41-49(70(3,4)5)40-47-34-37-56(61)66(57)65(47)48)72(67-44(2)19-16-26-51(67)46-22-10-7-11-23-46)59-30-18-28-55-53-25-13-15-32-64(53)74-69(55)59/h6-42H,1-5H3. The van der Waals surface area contributed by atoms with E-state index in [0.717, 1.165) is 122 Å². The van der Waals surface area contributed by atoms with E-state index in [4.69, 9.17) is 8.83 Å². The number of rotatable bonds is 8. The number of para-hydroxylation sites is 5. The monoisotopic (exact) mass is 952 g/mol. The van der Waals surface area contributed by atoms with Gasteiger partial charge < -0.3 is 18.6 Å². The molecule has 0 amide bonds. The molecule has 0 aliphatic heterocycles. The van der Waals surface area contributed by atoms with Gasteiger partial charge in [-0.3, -0.25) is 0 Å². The SMILES string of the molecule is Cc1ccc(-c2ccccc2)c(N(c2cc(N(c3c(C)cccc3-c3ccccc3)c3cccc4c3oc3ccccc34)c3ccc4cc(C(C)(C)C)cc5ccc2c3c54)c2cccc3c2oc2ccccc23)c1. The normalized spacial score (nSPS) is 12.1. The molecule has 74 heavy (non-hydrogen) atoms. The Bertz CT molecular complexity index is 4480. The molecule has 0 atom stereocenters. The molecule has 14 aromatic rings. The minimum absolute atomic E-state index is 0.0530. The number of aryl methyl sites for hydroxylation is 2. The van der Waals surface area contributed by atoms with E-state index >= 15 is 0 Å². The maximum absolute atomic E-state index is 7.07. The zero-order valence-electron chi connectivity index (χ0n) is 42.1. The zero-order valence-corrected chi connectivity index (χ0v) is 42.1. The first-order chi connectivity index (χ1) is 36.2. The molecule has 4 heteroatoms. The topological polar surface area (TPSA) is 32.8 Å². The van der Waals surface area contributed by atoms with Gasteiger partial charge in [0, 0.05) is 48.8 Å². The van der Waals surface area contributed by atoms with Gasteiger partial charge in [0.1, 0.15) is 11.2 Å². The third kappa shape index (κ3) is 6.82. The molecule has 0 saturated carbocycles. The number of nitrogens with zero attached hydrogens (tertiary/aromatic N) is 2. The van der Waals surface area contributed by atoms with Crippen molar-refractivity contribution >= 4 is 110 Å². The van der Waals surface area contributed by atoms with Gasteiger partial charge in [0.15, 0.2) is 11.2 Å². The van der Waals surface area contributed by atoms with Gasteiger partial charge in [0.2, 0.25) is 0 Å². The first-order valence-electron chi connectivity index (χ1n) is 25.7. The molecule has 12 aromatic carbocycles. The molecule has 0 aliphatic carbocycles. The lowest BCUT2D eigenvalue weighted by Gasteiger charge is -2.34. The minimum Gasteiger partial charge on any atom is -0.454 e. The van der Waals surface area contributed by atoms with Crippen LogP contribution in [0.1, 0.15) is 37.5 Å². The summed E-state index contributed by atoms with van der Waals surface area (Å²) in [4.78, 5) is 5.00. The fraction of sp³-hybridized carbons (Fsp3) is 0.0857. The van der Waals surface area contributed by atoms with Crippen LogP contribution in [0.25, 0.3) is 98.4 Å². The number of anilines is 6. The Morgan fingerprint density at radius 3 is 1.46 bits per heavy atom. The van der Waals surface area contributed by atoms with Gasteiger partial charge in [-0.25, -0.2) is 0 Å². The van der Waals surface area contributed by atoms with E-state index in [1.54, 1.807) is 0 Å². The minimum atomic E-state index is -0.0530. The summed E-state index contributed by atoms with van der Waals surface area (Å²) in [5, 5.41) is 11.4. The van der Waals surface area contributed by atoms with Crippen LogP contribution in [0.2, 0.25) is 0 Å². The highest BCUT2D eigenvalue weighted by atomic mass is 16.3. The summed E-state index contributed by atoms with van der Waals surface area (Å²) in [7, 11) is 0. The highest BCUT2D eigenvalue weighted by Gasteiger charge is 2.31. The Balaban J connectivity index is 1.19. The van der Waals surface area contributed by atoms with Crippen LogP contribution in [-0.2, 0) is 5.41 Å². The molecule has 14 rings (SSSR count). The number of fused-ring (bicyclic) bond motifs is 6. The highest BCUT2D eigenvalue weighted by molar-refractivity contribution is 6.30. The number of benzene rings is 12. The van der Waals surface area contributed by atoms with Gasteiger partial charge in [-0.1, -0.05) is 209 Å². The number of hydrogen-bond acceptors (Lipinski definition) is 4. The van der Waals surface area contributed by atoms with Gasteiger partial charge >= 0.3 is 0 Å². The predicted octanol–water partition coefficient (Wildman–Crippen LogP) is 20.6. The van der Waals surface area contributed by atoms with Crippen LogP contribution in [0.5, 0.6) is 0 Å². The zero-order chi connectivity index (χ0) is 49.8. The highest BCUT2D eigenvalue weighted by Crippen LogP contribution is 2.55. The van der Waals surface area contributed by atoms with E-state index in [1.807, 2.05) is 0 Å². The van der Waals surface area contributed by atoms with Crippen molar-refractivity contribution in [2.24, 2.45) is 0 Å². The van der Waals surface area contributed by atoms with Crippen LogP contribution >= 0.6 is 0 Å². The first-order valence-corrected chi connectivity index (χ1v) is 25.7. The second-order valence-corrected chi connectivity index (χ2v) is 21.0. The molecular formula is C70H52N2O2. The second kappa shape index (κ2) is 16.7. The van der Waals surface area contributed by atoms with Crippen molar-refractivity contribution in [1.29, 1.82) is 0 Å². The van der Waals surface area contributed by atoms with Crippen molar-refractivity contribution in [3.05, 3.63) is 241 Å². The third-order valence-corrected chi connectivity index (χ3v) is 15.3. The lowest BCUT2D eigenvalue weighted by Crippen LogP contribution is -2.17. The molecule has 0 N–H and O–H groups in total. The molecule has 0 spiro atoms. The van der Waals surface area contributed by atoms with Crippen molar-refractivity contribution in [2.75, 3.05) is 9.80 Å². The van der Waals surface area contributed by atoms with E-state index in [-0.39, 0.29) is 5.41 Å². The van der Waals surface area contributed by atoms with Crippen molar-refractivity contribution in [3.8, 4) is 22.3 Å². The molecule has 4 nitrogen and oxygen atoms in total. The van der Waals surface area contributed by atoms with Gasteiger partial charge in [-0.05, 0) is 99.6 Å². The predicted molar refractivity (Wildman–Crippen MR) is 313 cm³/mol. The Kier molecular flexibility index (Phi) is 9.87. The van der Waals surface area contributed by atoms with Crippen LogP contribution < -0.4 is 9.80 Å². The Labute approximate surface area is 430 Å². The molecule has 354 valence electrons. The van der Waals surface area contributed by atoms with E-state index < -0.39 is 0 Å². The fourth-order valence-corrected chi connectivity index (χ4v) is 11.8. The van der Waals surface area contributed by atoms with E-state index in [1.165, 1.54) is 27.1 Å². The Morgan fingerprint density at radius 2 is 0.865 bits per heavy atom. The maximum atomic E-state index is 7.07. The summed E-state index contributed by atoms with van der Waals surface area (Å²) >= 11 is 0. The largest absolute Gasteiger partial charge is 0.454 e. The lowest BCUT2D eigenvalue weighted by atomic mass is 9.83. The van der Waals surface area contributed by atoms with Gasteiger partial charge in [-0.2, -0.15) is 0 Å². The van der Waals surface area contributed by atoms with Gasteiger partial charge in [0.25, 0.3) is 0 Å². The second-order valence-electron chi connectivity index (χ2n) is 21.0. The van der Waals surface area contributed by atoms with Gasteiger partial charge in [0.05, 0.1) is 34.1 Å². The molecule has 0 bridgehead atoms. The quantitative estimate of drug-likeness (QED) is 0.142. The van der Waals surface area contributed by atoms with Gasteiger partial charge in [-0.15, -0.1) is 0 Å². The fourth-order valence-electron chi connectivity index (χ4n) is 11.8. The molecule has 0 aliphatic rings. The lowest BCUT2D eigenvalue weighted by molar-refractivity contribution is 0.591. The number of furan rings is 2. The summed E-state index contributed by atoms with van der Waals surface area (Å²) in [5.74, 6) is 0. The summed E-state index contributed by atoms with van der Waals surface area (Å²) in [6.45, 7) is 11.4. The average molecular weight is 953 g/mol. The molecule has 0 saturated heterocycles. The molecular weight excluding hydrogens is 901 g/mol. The van der Waals surface area contributed by atoms with Crippen LogP contribution in [0.15, 0.2) is 233 Å². The third-order valence-electron chi connectivity index (χ3n) is 15.3. The Morgan fingerprint density at radius 1 is 0.351 bits per heavy atom. The molecule has 0 unspecified atom stereocenters. The maximum Gasteiger partial charge on any atom is 0.159 e. The summed E-state index contributed by atoms with van der Waals surface area (Å²) in [6, 6.07) is 81.9. The van der Waals surface area contributed by atoms with Crippen LogP contribution in [0.4, 0.5) is 34.1 Å². The van der Waals surface area contributed by atoms with E-state index in [9.17, 15) is 0 Å². The average Bonchev–Trinajstić information content (AvgIpc) is 4.02. The number of hydrogen-bond donors (Lipinski definition) is 0. The smallest absolute Gasteiger partial charge is 0.159 e. The Hall–Kier alpha value is -9.12. The molecule has 2 aromatic heterocycles. The van der Waals surface area contributed by atoms with Crippen LogP contribution in [0, 0.1) is 13.8 Å². The van der Waals surface area contributed by atoms with Crippen LogP contribution in [0.3, 0.4) is 0 Å². The van der Waals surface area contributed by atoms with E-state index in [0.29, 0.717) is 0 Å². The van der Waals surface area contributed by atoms with Crippen LogP contribution in [-0.4, -0.2) is 0 Å². The molecule has 0 radical (unpaired) electrons. The molecule has 0 fully saturated rings. The van der Waals surface area contributed by atoms with E-state index in [2.05, 4.69) is 269 Å². The first kappa shape index (κ1) is 43.7. The summed E-state index contributed by atoms with van der Waals surface area (Å²) < 4.78 is 14.1. The molecule has 2 heterocycles. The van der Waals surface area contributed by atoms with Crippen molar-refractivity contribution in [3.63, 3.8) is 0 Å². The van der Waals surface area contributed by atoms with Crippen molar-refractivity contribution < 1.29 is 8.83 Å². The summed E-state index contributed by atoms with van der Waals surface area (Å²) in [5.41, 5.74) is 17.5. The van der Waals surface area contributed by atoms with Crippen molar-refractivity contribution in [2.45, 2.75) is 40.0 Å². The summed E-state index contributed by atoms with van der Waals surface area (Å²) in [6.07, 6.45) is 0.